The summed E-state index contributed by atoms with van der Waals surface area (Å²) in [5, 5.41) is 12.2. The number of amides is 1. The van der Waals surface area contributed by atoms with Crippen molar-refractivity contribution in [3.8, 4) is 6.07 Å². The first kappa shape index (κ1) is 15.5. The Balaban J connectivity index is 1.82. The molecule has 0 radical (unpaired) electrons. The van der Waals surface area contributed by atoms with E-state index in [-0.39, 0.29) is 11.8 Å². The largest absolute Gasteiger partial charge is 0.313 e. The molecule has 0 aliphatic heterocycles. The van der Waals surface area contributed by atoms with Gasteiger partial charge >= 0.3 is 0 Å². The summed E-state index contributed by atoms with van der Waals surface area (Å²) in [7, 11) is 1.87. The zero-order valence-electron chi connectivity index (χ0n) is 13.5. The number of nitriles is 1. The number of nitrogens with zero attached hydrogens (tertiary/aromatic N) is 3. The van der Waals surface area contributed by atoms with Gasteiger partial charge in [0, 0.05) is 13.0 Å². The van der Waals surface area contributed by atoms with Crippen LogP contribution in [0.5, 0.6) is 0 Å². The number of fused-ring (bicyclic) bond motifs is 1. The number of rotatable bonds is 2. The standard InChI is InChI=1S/C18H22N4O/c1-22-15-11-7-10-14(12-19)16(15)20-18(22)21-17(23)13-8-5-3-2-4-6-9-13/h7,10-11,13H,2-6,8-9H2,1H3,(H,20,21,23). The molecular weight excluding hydrogens is 288 g/mol. The van der Waals surface area contributed by atoms with E-state index in [1.54, 1.807) is 6.07 Å². The van der Waals surface area contributed by atoms with E-state index in [1.165, 1.54) is 19.3 Å². The second-order valence-electron chi connectivity index (χ2n) is 6.31. The predicted octanol–water partition coefficient (Wildman–Crippen LogP) is 3.74. The number of hydrogen-bond acceptors (Lipinski definition) is 3. The van der Waals surface area contributed by atoms with E-state index in [2.05, 4.69) is 16.4 Å². The molecule has 0 saturated heterocycles. The number of para-hydroxylation sites is 1. The smallest absolute Gasteiger partial charge is 0.229 e. The highest BCUT2D eigenvalue weighted by molar-refractivity contribution is 5.93. The number of aryl methyl sites for hydroxylation is 1. The van der Waals surface area contributed by atoms with Crippen LogP contribution in [0.4, 0.5) is 5.95 Å². The summed E-state index contributed by atoms with van der Waals surface area (Å²) >= 11 is 0. The summed E-state index contributed by atoms with van der Waals surface area (Å²) in [6, 6.07) is 7.65. The molecule has 120 valence electrons. The van der Waals surface area contributed by atoms with Crippen molar-refractivity contribution >= 4 is 22.9 Å². The van der Waals surface area contributed by atoms with E-state index >= 15 is 0 Å². The number of aromatic nitrogens is 2. The molecule has 1 aliphatic rings. The Kier molecular flexibility index (Phi) is 4.61. The topological polar surface area (TPSA) is 70.7 Å². The number of hydrogen-bond donors (Lipinski definition) is 1. The summed E-state index contributed by atoms with van der Waals surface area (Å²) < 4.78 is 1.84. The fourth-order valence-corrected chi connectivity index (χ4v) is 3.35. The van der Waals surface area contributed by atoms with Crippen LogP contribution in [0.3, 0.4) is 0 Å². The van der Waals surface area contributed by atoms with Crippen molar-refractivity contribution in [1.82, 2.24) is 9.55 Å². The van der Waals surface area contributed by atoms with Gasteiger partial charge < -0.3 is 4.57 Å². The van der Waals surface area contributed by atoms with E-state index in [0.717, 1.165) is 31.2 Å². The lowest BCUT2D eigenvalue weighted by Crippen LogP contribution is -2.25. The number of carbonyl (C=O) groups is 1. The van der Waals surface area contributed by atoms with Crippen molar-refractivity contribution in [2.24, 2.45) is 13.0 Å². The second kappa shape index (κ2) is 6.82. The molecule has 1 aliphatic carbocycles. The molecule has 3 rings (SSSR count). The maximum atomic E-state index is 12.6. The minimum atomic E-state index is 0.0591. The average molecular weight is 310 g/mol. The maximum Gasteiger partial charge on any atom is 0.229 e. The monoisotopic (exact) mass is 310 g/mol. The van der Waals surface area contributed by atoms with Crippen molar-refractivity contribution in [2.45, 2.75) is 44.9 Å². The second-order valence-corrected chi connectivity index (χ2v) is 6.31. The van der Waals surface area contributed by atoms with Crippen LogP contribution in [-0.4, -0.2) is 15.5 Å². The molecule has 1 aromatic carbocycles. The van der Waals surface area contributed by atoms with Crippen molar-refractivity contribution in [3.63, 3.8) is 0 Å². The first-order chi connectivity index (χ1) is 11.2. The highest BCUT2D eigenvalue weighted by Crippen LogP contribution is 2.25. The molecule has 5 heteroatoms. The Morgan fingerprint density at radius 3 is 2.65 bits per heavy atom. The van der Waals surface area contributed by atoms with Gasteiger partial charge in [-0.2, -0.15) is 5.26 Å². The molecule has 23 heavy (non-hydrogen) atoms. The van der Waals surface area contributed by atoms with Crippen LogP contribution in [-0.2, 0) is 11.8 Å². The molecule has 1 fully saturated rings. The highest BCUT2D eigenvalue weighted by Gasteiger charge is 2.21. The zero-order chi connectivity index (χ0) is 16.2. The van der Waals surface area contributed by atoms with Gasteiger partial charge in [0.15, 0.2) is 0 Å². The zero-order valence-corrected chi connectivity index (χ0v) is 13.5. The third-order valence-corrected chi connectivity index (χ3v) is 4.74. The van der Waals surface area contributed by atoms with Gasteiger partial charge in [0.1, 0.15) is 11.6 Å². The lowest BCUT2D eigenvalue weighted by molar-refractivity contribution is -0.120. The number of carbonyl (C=O) groups excluding carboxylic acids is 1. The fraction of sp³-hybridized carbons (Fsp3) is 0.500. The van der Waals surface area contributed by atoms with Gasteiger partial charge in [-0.3, -0.25) is 10.1 Å². The van der Waals surface area contributed by atoms with E-state index in [4.69, 9.17) is 0 Å². The van der Waals surface area contributed by atoms with Gasteiger partial charge in [0.05, 0.1) is 11.1 Å². The predicted molar refractivity (Wildman–Crippen MR) is 89.9 cm³/mol. The van der Waals surface area contributed by atoms with Crippen LogP contribution in [0, 0.1) is 17.2 Å². The van der Waals surface area contributed by atoms with Crippen molar-refractivity contribution < 1.29 is 4.79 Å². The highest BCUT2D eigenvalue weighted by atomic mass is 16.2. The number of imidazole rings is 1. The quantitative estimate of drug-likeness (QED) is 0.918. The Bertz CT molecular complexity index is 748. The summed E-state index contributed by atoms with van der Waals surface area (Å²) in [4.78, 5) is 17.1. The maximum absolute atomic E-state index is 12.6. The molecule has 0 spiro atoms. The molecule has 2 aromatic rings. The van der Waals surface area contributed by atoms with Crippen molar-refractivity contribution in [3.05, 3.63) is 23.8 Å². The van der Waals surface area contributed by atoms with Crippen LogP contribution >= 0.6 is 0 Å². The molecule has 0 unspecified atom stereocenters. The summed E-state index contributed by atoms with van der Waals surface area (Å²) in [6.45, 7) is 0. The molecule has 1 aromatic heterocycles. The summed E-state index contributed by atoms with van der Waals surface area (Å²) in [6.07, 6.45) is 7.90. The summed E-state index contributed by atoms with van der Waals surface area (Å²) in [5.74, 6) is 0.657. The first-order valence-corrected chi connectivity index (χ1v) is 8.37. The van der Waals surface area contributed by atoms with E-state index in [9.17, 15) is 10.1 Å². The normalized spacial score (nSPS) is 16.5. The first-order valence-electron chi connectivity index (χ1n) is 8.37. The Morgan fingerprint density at radius 2 is 1.96 bits per heavy atom. The third-order valence-electron chi connectivity index (χ3n) is 4.74. The molecule has 5 nitrogen and oxygen atoms in total. The molecule has 1 saturated carbocycles. The minimum absolute atomic E-state index is 0.0591. The van der Waals surface area contributed by atoms with Crippen molar-refractivity contribution in [2.75, 3.05) is 5.32 Å². The molecule has 1 N–H and O–H groups in total. The van der Waals surface area contributed by atoms with Crippen LogP contribution in [0.2, 0.25) is 0 Å². The van der Waals surface area contributed by atoms with Gasteiger partial charge in [-0.15, -0.1) is 0 Å². The Labute approximate surface area is 136 Å². The average Bonchev–Trinajstić information content (AvgIpc) is 2.83. The van der Waals surface area contributed by atoms with E-state index in [0.29, 0.717) is 17.0 Å². The molecule has 0 atom stereocenters. The van der Waals surface area contributed by atoms with Crippen molar-refractivity contribution in [1.29, 1.82) is 5.26 Å². The number of anilines is 1. The summed E-state index contributed by atoms with van der Waals surface area (Å²) in [5.41, 5.74) is 2.03. The Morgan fingerprint density at radius 1 is 1.26 bits per heavy atom. The lowest BCUT2D eigenvalue weighted by Gasteiger charge is -2.18. The van der Waals surface area contributed by atoms with Crippen LogP contribution < -0.4 is 5.32 Å². The molecule has 1 amide bonds. The van der Waals surface area contributed by atoms with Crippen LogP contribution in [0.25, 0.3) is 11.0 Å². The van der Waals surface area contributed by atoms with Gasteiger partial charge in [-0.1, -0.05) is 38.2 Å². The third kappa shape index (κ3) is 3.21. The van der Waals surface area contributed by atoms with Crippen LogP contribution in [0.15, 0.2) is 18.2 Å². The van der Waals surface area contributed by atoms with E-state index in [1.807, 2.05) is 23.7 Å². The number of nitrogens with one attached hydrogen (secondary N) is 1. The molecular formula is C18H22N4O. The van der Waals surface area contributed by atoms with Gasteiger partial charge in [-0.25, -0.2) is 4.98 Å². The van der Waals surface area contributed by atoms with Gasteiger partial charge in [0.25, 0.3) is 0 Å². The molecule has 0 bridgehead atoms. The van der Waals surface area contributed by atoms with Gasteiger partial charge in [0.2, 0.25) is 11.9 Å². The lowest BCUT2D eigenvalue weighted by atomic mass is 9.90. The van der Waals surface area contributed by atoms with Crippen LogP contribution in [0.1, 0.15) is 50.5 Å². The SMILES string of the molecule is Cn1c(NC(=O)C2CCCCCCC2)nc2c(C#N)cccc21. The Hall–Kier alpha value is -2.35. The van der Waals surface area contributed by atoms with E-state index < -0.39 is 0 Å². The fourth-order valence-electron chi connectivity index (χ4n) is 3.35. The minimum Gasteiger partial charge on any atom is -0.313 e. The van der Waals surface area contributed by atoms with Gasteiger partial charge in [-0.05, 0) is 25.0 Å². The molecule has 1 heterocycles. The number of benzene rings is 1.